The normalized spacial score (nSPS) is 7.81. The van der Waals surface area contributed by atoms with Crippen molar-refractivity contribution < 1.29 is 14.5 Å². The highest BCUT2D eigenvalue weighted by atomic mass is 35.5. The molecule has 0 saturated heterocycles. The van der Waals surface area contributed by atoms with Crippen LogP contribution in [0, 0.1) is 10.1 Å². The summed E-state index contributed by atoms with van der Waals surface area (Å²) in [7, 11) is 1.20. The molecule has 0 aliphatic heterocycles. The molecule has 1 aromatic heterocycles. The van der Waals surface area contributed by atoms with Gasteiger partial charge in [0.1, 0.15) is 6.20 Å². The lowest BCUT2D eigenvalue weighted by Crippen LogP contribution is -2.07. The molecule has 0 N–H and O–H groups in total. The van der Waals surface area contributed by atoms with Gasteiger partial charge in [0, 0.05) is 6.20 Å². The lowest BCUT2D eigenvalue weighted by atomic mass is 10.1. The fraction of sp³-hybridized carbons (Fsp3) is 0.571. The van der Waals surface area contributed by atoms with Crippen molar-refractivity contribution in [2.75, 3.05) is 7.11 Å². The van der Waals surface area contributed by atoms with Crippen molar-refractivity contribution >= 4 is 23.3 Å². The number of carbonyl (C=O) groups excluding carboxylic acids is 1. The van der Waals surface area contributed by atoms with E-state index in [4.69, 9.17) is 11.6 Å². The first-order valence-electron chi connectivity index (χ1n) is 6.90. The molecular formula is C14H25ClN2O4. The summed E-state index contributed by atoms with van der Waals surface area (Å²) in [5.74, 6) is -0.591. The van der Waals surface area contributed by atoms with E-state index in [1.165, 1.54) is 13.3 Å². The lowest BCUT2D eigenvalue weighted by molar-refractivity contribution is -0.385. The molecule has 0 aliphatic carbocycles. The SMILES string of the molecule is CC.CC.CC.COC(=O)Cc1c(Cl)cncc1[N+](=O)[O-]. The summed E-state index contributed by atoms with van der Waals surface area (Å²) < 4.78 is 4.40. The zero-order valence-electron chi connectivity index (χ0n) is 13.8. The van der Waals surface area contributed by atoms with Gasteiger partial charge >= 0.3 is 5.97 Å². The number of nitro groups is 1. The first-order chi connectivity index (χ1) is 10.1. The van der Waals surface area contributed by atoms with E-state index in [0.717, 1.165) is 6.20 Å². The number of ether oxygens (including phenoxy) is 1. The fourth-order valence-corrected chi connectivity index (χ4v) is 1.22. The van der Waals surface area contributed by atoms with Gasteiger partial charge in [-0.05, 0) is 0 Å². The number of rotatable bonds is 3. The summed E-state index contributed by atoms with van der Waals surface area (Å²) >= 11 is 5.70. The van der Waals surface area contributed by atoms with Crippen LogP contribution in [0.25, 0.3) is 0 Å². The topological polar surface area (TPSA) is 82.3 Å². The molecule has 6 nitrogen and oxygen atoms in total. The van der Waals surface area contributed by atoms with Crippen LogP contribution in [0.3, 0.4) is 0 Å². The maximum atomic E-state index is 11.0. The third-order valence-electron chi connectivity index (χ3n) is 1.73. The van der Waals surface area contributed by atoms with Crippen LogP contribution in [-0.4, -0.2) is 23.0 Å². The minimum Gasteiger partial charge on any atom is -0.469 e. The number of hydrogen-bond donors (Lipinski definition) is 0. The van der Waals surface area contributed by atoms with Crippen LogP contribution in [0.15, 0.2) is 12.4 Å². The van der Waals surface area contributed by atoms with E-state index in [2.05, 4.69) is 9.72 Å². The van der Waals surface area contributed by atoms with E-state index in [9.17, 15) is 14.9 Å². The van der Waals surface area contributed by atoms with Crippen molar-refractivity contribution in [2.45, 2.75) is 48.0 Å². The van der Waals surface area contributed by atoms with Gasteiger partial charge in [0.05, 0.1) is 29.0 Å². The van der Waals surface area contributed by atoms with Crippen molar-refractivity contribution in [3.8, 4) is 0 Å². The lowest BCUT2D eigenvalue weighted by Gasteiger charge is -2.02. The Labute approximate surface area is 131 Å². The zero-order valence-corrected chi connectivity index (χ0v) is 14.5. The molecule has 0 amide bonds. The predicted molar refractivity (Wildman–Crippen MR) is 85.7 cm³/mol. The molecule has 1 heterocycles. The van der Waals surface area contributed by atoms with Crippen molar-refractivity contribution in [2.24, 2.45) is 0 Å². The van der Waals surface area contributed by atoms with Crippen molar-refractivity contribution in [1.82, 2.24) is 4.98 Å². The summed E-state index contributed by atoms with van der Waals surface area (Å²) in [6, 6.07) is 0. The second-order valence-electron chi connectivity index (χ2n) is 2.63. The Morgan fingerprint density at radius 2 is 1.71 bits per heavy atom. The smallest absolute Gasteiger partial charge is 0.310 e. The van der Waals surface area contributed by atoms with Crippen molar-refractivity contribution in [3.63, 3.8) is 0 Å². The van der Waals surface area contributed by atoms with Crippen LogP contribution in [0.1, 0.15) is 47.1 Å². The molecule has 0 aromatic carbocycles. The van der Waals surface area contributed by atoms with Gasteiger partial charge < -0.3 is 4.74 Å². The van der Waals surface area contributed by atoms with E-state index in [1.54, 1.807) is 0 Å². The molecule has 0 fully saturated rings. The largest absolute Gasteiger partial charge is 0.469 e. The zero-order chi connectivity index (χ0) is 17.4. The highest BCUT2D eigenvalue weighted by Gasteiger charge is 2.20. The third kappa shape index (κ3) is 9.79. The number of nitrogens with zero attached hydrogens (tertiary/aromatic N) is 2. The summed E-state index contributed by atoms with van der Waals surface area (Å²) in [4.78, 5) is 24.5. The molecule has 1 rings (SSSR count). The van der Waals surface area contributed by atoms with Gasteiger partial charge in [-0.1, -0.05) is 53.1 Å². The highest BCUT2D eigenvalue weighted by molar-refractivity contribution is 6.31. The number of methoxy groups -OCH3 is 1. The molecule has 0 spiro atoms. The number of carbonyl (C=O) groups is 1. The van der Waals surface area contributed by atoms with Crippen molar-refractivity contribution in [3.05, 3.63) is 33.1 Å². The second kappa shape index (κ2) is 16.4. The average molecular weight is 321 g/mol. The second-order valence-corrected chi connectivity index (χ2v) is 3.04. The van der Waals surface area contributed by atoms with Gasteiger partial charge in [0.2, 0.25) is 0 Å². The molecule has 21 heavy (non-hydrogen) atoms. The number of esters is 1. The Morgan fingerprint density at radius 3 is 2.10 bits per heavy atom. The molecule has 0 radical (unpaired) electrons. The quantitative estimate of drug-likeness (QED) is 0.467. The Morgan fingerprint density at radius 1 is 1.24 bits per heavy atom. The number of hydrogen-bond acceptors (Lipinski definition) is 5. The summed E-state index contributed by atoms with van der Waals surface area (Å²) in [5.41, 5.74) is -0.170. The van der Waals surface area contributed by atoms with Crippen molar-refractivity contribution in [1.29, 1.82) is 0 Å². The summed E-state index contributed by atoms with van der Waals surface area (Å²) in [5, 5.41) is 10.7. The minimum absolute atomic E-state index is 0.0783. The van der Waals surface area contributed by atoms with Gasteiger partial charge in [-0.15, -0.1) is 0 Å². The van der Waals surface area contributed by atoms with Crippen LogP contribution in [0.5, 0.6) is 0 Å². The van der Waals surface area contributed by atoms with Crippen LogP contribution in [-0.2, 0) is 16.0 Å². The van der Waals surface area contributed by atoms with E-state index < -0.39 is 10.9 Å². The monoisotopic (exact) mass is 320 g/mol. The van der Waals surface area contributed by atoms with Gasteiger partial charge in [0.25, 0.3) is 5.69 Å². The van der Waals surface area contributed by atoms with Crippen LogP contribution in [0.2, 0.25) is 5.02 Å². The maximum absolute atomic E-state index is 11.0. The van der Waals surface area contributed by atoms with Gasteiger partial charge in [-0.2, -0.15) is 0 Å². The highest BCUT2D eigenvalue weighted by Crippen LogP contribution is 2.25. The first kappa shape index (κ1) is 24.3. The van der Waals surface area contributed by atoms with E-state index in [0.29, 0.717) is 0 Å². The van der Waals surface area contributed by atoms with Gasteiger partial charge in [0.15, 0.2) is 0 Å². The number of pyridine rings is 1. The summed E-state index contributed by atoms with van der Waals surface area (Å²) in [6.07, 6.45) is 2.05. The Kier molecular flexibility index (Phi) is 19.0. The Balaban J connectivity index is -0.000000478. The molecule has 1 aromatic rings. The Hall–Kier alpha value is -1.69. The fourth-order valence-electron chi connectivity index (χ4n) is 1.00. The maximum Gasteiger partial charge on any atom is 0.310 e. The molecule has 7 heteroatoms. The number of aromatic nitrogens is 1. The molecule has 122 valence electrons. The minimum atomic E-state index is -0.642. The van der Waals surface area contributed by atoms with E-state index >= 15 is 0 Å². The molecular weight excluding hydrogens is 296 g/mol. The average Bonchev–Trinajstić information content (AvgIpc) is 2.54. The molecule has 0 aliphatic rings. The van der Waals surface area contributed by atoms with Crippen LogP contribution in [0.4, 0.5) is 5.69 Å². The number of halogens is 1. The standard InChI is InChI=1S/C8H7ClN2O4.3C2H6/c1-15-8(12)2-5-6(9)3-10-4-7(5)11(13)14;3*1-2/h3-4H,2H2,1H3;3*1-2H3. The van der Waals surface area contributed by atoms with E-state index in [-0.39, 0.29) is 22.7 Å². The van der Waals surface area contributed by atoms with Crippen LogP contribution >= 0.6 is 11.6 Å². The molecule has 0 unspecified atom stereocenters. The molecule has 0 atom stereocenters. The molecule has 0 bridgehead atoms. The van der Waals surface area contributed by atoms with Gasteiger partial charge in [-0.25, -0.2) is 0 Å². The predicted octanol–water partition coefficient (Wildman–Crippen LogP) is 4.44. The third-order valence-corrected chi connectivity index (χ3v) is 2.05. The van der Waals surface area contributed by atoms with Gasteiger partial charge in [-0.3, -0.25) is 19.9 Å². The molecule has 0 saturated carbocycles. The van der Waals surface area contributed by atoms with Crippen LogP contribution < -0.4 is 0 Å². The first-order valence-corrected chi connectivity index (χ1v) is 7.27. The van der Waals surface area contributed by atoms with E-state index in [1.807, 2.05) is 41.5 Å². The summed E-state index contributed by atoms with van der Waals surface area (Å²) in [6.45, 7) is 12.0. The Bertz CT molecular complexity index is 412.